The molecule has 0 spiro atoms. The van der Waals surface area contributed by atoms with Crippen LogP contribution < -0.4 is 19.1 Å². The van der Waals surface area contributed by atoms with Gasteiger partial charge in [-0.1, -0.05) is 42.5 Å². The Morgan fingerprint density at radius 1 is 0.920 bits per heavy atom. The van der Waals surface area contributed by atoms with Crippen molar-refractivity contribution < 1.29 is 23.4 Å². The minimum atomic E-state index is -0.155. The number of anilines is 1. The molecule has 0 bridgehead atoms. The zero-order chi connectivity index (χ0) is 34.5. The second-order valence-corrected chi connectivity index (χ2v) is 13.8. The molecular formula is C40H47N5O5. The van der Waals surface area contributed by atoms with Crippen LogP contribution in [0.3, 0.4) is 0 Å². The Kier molecular flexibility index (Phi) is 9.98. The van der Waals surface area contributed by atoms with Gasteiger partial charge < -0.3 is 38.3 Å². The number of rotatable bonds is 14. The topological polar surface area (TPSA) is 96.3 Å². The van der Waals surface area contributed by atoms with E-state index in [1.54, 1.807) is 27.6 Å². The molecular weight excluding hydrogens is 630 g/mol. The fraction of sp³-hybridized carbons (Fsp3) is 0.400. The number of amides is 1. The number of aromatic amines is 1. The Morgan fingerprint density at radius 3 is 2.34 bits per heavy atom. The third-order valence-electron chi connectivity index (χ3n) is 10.5. The summed E-state index contributed by atoms with van der Waals surface area (Å²) in [6.45, 7) is 4.89. The molecule has 2 saturated heterocycles. The van der Waals surface area contributed by atoms with E-state index in [1.807, 2.05) is 41.5 Å². The summed E-state index contributed by atoms with van der Waals surface area (Å²) >= 11 is 0. The van der Waals surface area contributed by atoms with Crippen LogP contribution in [0.15, 0.2) is 89.7 Å². The van der Waals surface area contributed by atoms with E-state index in [0.717, 1.165) is 80.0 Å². The number of likely N-dealkylation sites (tertiary alicyclic amines) is 2. The average molecular weight is 678 g/mol. The maximum atomic E-state index is 13.7. The predicted octanol–water partition coefficient (Wildman–Crippen LogP) is 6.70. The number of hydrogen-bond donors (Lipinski definition) is 1. The number of methoxy groups -OCH3 is 3. The fourth-order valence-electron chi connectivity index (χ4n) is 7.86. The van der Waals surface area contributed by atoms with Crippen LogP contribution in [0.5, 0.6) is 17.2 Å². The summed E-state index contributed by atoms with van der Waals surface area (Å²) < 4.78 is 22.1. The van der Waals surface area contributed by atoms with Gasteiger partial charge in [-0.15, -0.1) is 0 Å². The average Bonchev–Trinajstić information content (AvgIpc) is 3.89. The van der Waals surface area contributed by atoms with E-state index in [0.29, 0.717) is 42.8 Å². The first-order chi connectivity index (χ1) is 24.5. The van der Waals surface area contributed by atoms with Gasteiger partial charge in [0.25, 0.3) is 0 Å². The number of hydrogen-bond acceptors (Lipinski definition) is 8. The highest BCUT2D eigenvalue weighted by Gasteiger charge is 2.43. The van der Waals surface area contributed by atoms with Crippen molar-refractivity contribution in [2.75, 3.05) is 52.4 Å². The molecule has 262 valence electrons. The van der Waals surface area contributed by atoms with E-state index >= 15 is 0 Å². The first-order valence-corrected chi connectivity index (χ1v) is 17.5. The second-order valence-electron chi connectivity index (χ2n) is 13.8. The molecule has 1 amide bonds. The van der Waals surface area contributed by atoms with Crippen molar-refractivity contribution in [1.82, 2.24) is 19.8 Å². The molecule has 1 atom stereocenters. The molecule has 50 heavy (non-hydrogen) atoms. The number of aromatic nitrogens is 2. The van der Waals surface area contributed by atoms with Crippen LogP contribution in [0, 0.1) is 5.41 Å². The molecule has 1 N–H and O–H groups in total. The number of furan rings is 1. The number of benzene rings is 3. The Bertz CT molecular complexity index is 1810. The lowest BCUT2D eigenvalue weighted by Gasteiger charge is -2.39. The minimum absolute atomic E-state index is 0.155. The lowest BCUT2D eigenvalue weighted by molar-refractivity contribution is -0.128. The molecule has 2 aliphatic rings. The number of carbonyl (C=O) groups excluding carboxylic acids is 1. The van der Waals surface area contributed by atoms with Gasteiger partial charge in [0.2, 0.25) is 17.6 Å². The van der Waals surface area contributed by atoms with Crippen molar-refractivity contribution in [3.8, 4) is 17.2 Å². The van der Waals surface area contributed by atoms with Crippen molar-refractivity contribution in [2.45, 2.75) is 51.2 Å². The molecule has 10 heteroatoms. The van der Waals surface area contributed by atoms with Gasteiger partial charge in [0, 0.05) is 56.2 Å². The van der Waals surface area contributed by atoms with Crippen LogP contribution >= 0.6 is 0 Å². The van der Waals surface area contributed by atoms with Gasteiger partial charge >= 0.3 is 0 Å². The summed E-state index contributed by atoms with van der Waals surface area (Å²) in [6, 6.07) is 25.1. The maximum Gasteiger partial charge on any atom is 0.223 e. The highest BCUT2D eigenvalue weighted by Crippen LogP contribution is 2.42. The molecule has 2 aromatic heterocycles. The molecule has 7 rings (SSSR count). The predicted molar refractivity (Wildman–Crippen MR) is 194 cm³/mol. The first kappa shape index (κ1) is 33.5. The summed E-state index contributed by atoms with van der Waals surface area (Å²) in [6.07, 6.45) is 7.98. The number of ether oxygens (including phenoxy) is 3. The summed E-state index contributed by atoms with van der Waals surface area (Å²) in [4.78, 5) is 29.3. The summed E-state index contributed by atoms with van der Waals surface area (Å²) in [5.41, 5.74) is 5.23. The molecule has 1 unspecified atom stereocenters. The van der Waals surface area contributed by atoms with Crippen LogP contribution in [0.2, 0.25) is 0 Å². The van der Waals surface area contributed by atoms with Crippen molar-refractivity contribution >= 4 is 22.9 Å². The van der Waals surface area contributed by atoms with Gasteiger partial charge in [-0.3, -0.25) is 4.79 Å². The van der Waals surface area contributed by atoms with Gasteiger partial charge in [-0.05, 0) is 73.7 Å². The van der Waals surface area contributed by atoms with Crippen LogP contribution in [0.4, 0.5) is 5.95 Å². The lowest BCUT2D eigenvalue weighted by Crippen LogP contribution is -2.46. The van der Waals surface area contributed by atoms with E-state index in [9.17, 15) is 4.79 Å². The van der Waals surface area contributed by atoms with Gasteiger partial charge in [0.05, 0.1) is 44.9 Å². The van der Waals surface area contributed by atoms with E-state index in [2.05, 4.69) is 57.2 Å². The van der Waals surface area contributed by atoms with E-state index in [-0.39, 0.29) is 11.3 Å². The van der Waals surface area contributed by atoms with Gasteiger partial charge in [-0.2, -0.15) is 0 Å². The molecule has 4 heterocycles. The molecule has 0 aliphatic carbocycles. The molecule has 2 fully saturated rings. The quantitative estimate of drug-likeness (QED) is 0.139. The molecule has 3 aromatic carbocycles. The minimum Gasteiger partial charge on any atom is -0.493 e. The summed E-state index contributed by atoms with van der Waals surface area (Å²) in [5.74, 6) is 2.83. The molecule has 5 aromatic rings. The highest BCUT2D eigenvalue weighted by molar-refractivity contribution is 5.80. The fourth-order valence-corrected chi connectivity index (χ4v) is 7.86. The summed E-state index contributed by atoms with van der Waals surface area (Å²) in [5, 5.41) is 0. The standard InChI is InChI=1S/C40H47N5O5/c1-47-35-21-31(22-36(48-2)38(35)49-3)25-44-28-40(24-37(44)46,23-29-9-5-4-6-10-29)16-19-43-17-13-32(14-18-43)45(26-30-15-20-50-27-30)39-41-33-11-7-8-12-34(33)42-39/h4-12,15,20-22,27,32H,13-14,16-19,23-26,28H2,1-3H3,(H,41,42). The van der Waals surface area contributed by atoms with Gasteiger partial charge in [0.15, 0.2) is 11.5 Å². The third-order valence-corrected chi connectivity index (χ3v) is 10.5. The van der Waals surface area contributed by atoms with Crippen LogP contribution in [-0.2, 0) is 24.3 Å². The maximum absolute atomic E-state index is 13.7. The Balaban J connectivity index is 1.04. The number of imidazole rings is 1. The normalized spacial score (nSPS) is 18.5. The molecule has 2 aliphatic heterocycles. The number of piperidine rings is 1. The van der Waals surface area contributed by atoms with Crippen molar-refractivity contribution in [3.05, 3.63) is 102 Å². The van der Waals surface area contributed by atoms with E-state index < -0.39 is 0 Å². The van der Waals surface area contributed by atoms with Crippen LogP contribution in [-0.4, -0.2) is 79.2 Å². The Labute approximate surface area is 293 Å². The van der Waals surface area contributed by atoms with Crippen LogP contribution in [0.1, 0.15) is 42.4 Å². The third kappa shape index (κ3) is 7.31. The van der Waals surface area contributed by atoms with Crippen LogP contribution in [0.25, 0.3) is 11.0 Å². The number of nitrogens with zero attached hydrogens (tertiary/aromatic N) is 4. The summed E-state index contributed by atoms with van der Waals surface area (Å²) in [7, 11) is 4.83. The Hall–Kier alpha value is -4.96. The number of fused-ring (bicyclic) bond motifs is 1. The number of nitrogens with one attached hydrogen (secondary N) is 1. The van der Waals surface area contributed by atoms with Gasteiger partial charge in [0.1, 0.15) is 0 Å². The SMILES string of the molecule is COc1cc(CN2CC(CCN3CCC(N(Cc4ccoc4)c4nc5ccccc5[nH]4)CC3)(Cc3ccccc3)CC2=O)cc(OC)c1OC. The molecule has 0 saturated carbocycles. The molecule has 0 radical (unpaired) electrons. The van der Waals surface area contributed by atoms with Crippen molar-refractivity contribution in [1.29, 1.82) is 0 Å². The van der Waals surface area contributed by atoms with Crippen molar-refractivity contribution in [2.24, 2.45) is 5.41 Å². The highest BCUT2D eigenvalue weighted by atomic mass is 16.5. The van der Waals surface area contributed by atoms with Gasteiger partial charge in [-0.25, -0.2) is 4.98 Å². The zero-order valence-corrected chi connectivity index (χ0v) is 29.3. The largest absolute Gasteiger partial charge is 0.493 e. The van der Waals surface area contributed by atoms with Crippen molar-refractivity contribution in [3.63, 3.8) is 0 Å². The number of carbonyl (C=O) groups is 1. The number of H-pyrrole nitrogens is 1. The molecule has 10 nitrogen and oxygen atoms in total. The number of para-hydroxylation sites is 2. The smallest absolute Gasteiger partial charge is 0.223 e. The van der Waals surface area contributed by atoms with E-state index in [1.165, 1.54) is 5.56 Å². The second kappa shape index (κ2) is 14.9. The lowest BCUT2D eigenvalue weighted by atomic mass is 9.77. The van der Waals surface area contributed by atoms with E-state index in [4.69, 9.17) is 23.6 Å². The Morgan fingerprint density at radius 2 is 1.66 bits per heavy atom. The first-order valence-electron chi connectivity index (χ1n) is 17.5. The monoisotopic (exact) mass is 677 g/mol. The zero-order valence-electron chi connectivity index (χ0n) is 29.3.